The lowest BCUT2D eigenvalue weighted by atomic mass is 9.77. The number of esters is 1. The Balaban J connectivity index is 1.36. The zero-order valence-electron chi connectivity index (χ0n) is 25.3. The first kappa shape index (κ1) is 30.4. The highest BCUT2D eigenvalue weighted by Gasteiger charge is 2.43. The van der Waals surface area contributed by atoms with Crippen LogP contribution in [0.2, 0.25) is 0 Å². The molecule has 0 aromatic heterocycles. The van der Waals surface area contributed by atoms with E-state index in [1.54, 1.807) is 45.6 Å². The zero-order valence-corrected chi connectivity index (χ0v) is 25.3. The van der Waals surface area contributed by atoms with Crippen LogP contribution in [-0.2, 0) is 14.3 Å². The fourth-order valence-electron chi connectivity index (χ4n) is 5.60. The number of carbonyl (C=O) groups excluding carboxylic acids is 2. The van der Waals surface area contributed by atoms with Gasteiger partial charge in [-0.15, -0.1) is 0 Å². The molecule has 1 heterocycles. The fourth-order valence-corrected chi connectivity index (χ4v) is 5.60. The predicted octanol–water partition coefficient (Wildman–Crippen LogP) is 6.10. The molecular weight excluding hydrogens is 560 g/mol. The maximum absolute atomic E-state index is 13.6. The molecule has 1 saturated carbocycles. The zero-order chi connectivity index (χ0) is 31.1. The van der Waals surface area contributed by atoms with Gasteiger partial charge in [0.25, 0.3) is 5.91 Å². The van der Waals surface area contributed by atoms with Crippen molar-refractivity contribution in [2.45, 2.75) is 25.3 Å². The number of allylic oxidation sites excluding steroid dienone is 1. The smallest absolute Gasteiger partial charge is 0.331 e. The molecule has 2 aliphatic rings. The summed E-state index contributed by atoms with van der Waals surface area (Å²) in [5.74, 6) is 1.64. The highest BCUT2D eigenvalue weighted by Crippen LogP contribution is 2.44. The maximum atomic E-state index is 13.6. The Morgan fingerprint density at radius 2 is 1.52 bits per heavy atom. The summed E-state index contributed by atoms with van der Waals surface area (Å²) in [6, 6.07) is 20.5. The molecule has 1 aliphatic carbocycles. The Labute approximate surface area is 257 Å². The molecule has 1 amide bonds. The fraction of sp³-hybridized carbons (Fsp3) is 0.286. The lowest BCUT2D eigenvalue weighted by molar-refractivity contribution is -0.149. The van der Waals surface area contributed by atoms with E-state index in [4.69, 9.17) is 28.8 Å². The third kappa shape index (κ3) is 6.78. The quantitative estimate of drug-likeness (QED) is 0.206. The molecule has 0 bridgehead atoms. The van der Waals surface area contributed by atoms with Gasteiger partial charge in [0.05, 0.1) is 40.2 Å². The van der Waals surface area contributed by atoms with E-state index < -0.39 is 18.5 Å². The molecule has 9 nitrogen and oxygen atoms in total. The largest absolute Gasteiger partial charge is 0.497 e. The first-order valence-electron chi connectivity index (χ1n) is 14.4. The monoisotopic (exact) mass is 596 g/mol. The number of rotatable bonds is 10. The third-order valence-electron chi connectivity index (χ3n) is 7.85. The average Bonchev–Trinajstić information content (AvgIpc) is 3.47. The lowest BCUT2D eigenvalue weighted by Gasteiger charge is -2.29. The van der Waals surface area contributed by atoms with Crippen molar-refractivity contribution in [2.75, 3.05) is 35.0 Å². The molecule has 44 heavy (non-hydrogen) atoms. The summed E-state index contributed by atoms with van der Waals surface area (Å²) in [6.45, 7) is -0.448. The van der Waals surface area contributed by atoms with Gasteiger partial charge in [-0.25, -0.2) is 9.80 Å². The molecule has 228 valence electrons. The van der Waals surface area contributed by atoms with Crippen LogP contribution in [0.3, 0.4) is 0 Å². The number of carbonyl (C=O) groups is 2. The van der Waals surface area contributed by atoms with Crippen molar-refractivity contribution in [3.63, 3.8) is 0 Å². The maximum Gasteiger partial charge on any atom is 0.331 e. The van der Waals surface area contributed by atoms with Gasteiger partial charge in [-0.05, 0) is 84.5 Å². The second-order valence-electron chi connectivity index (χ2n) is 10.4. The number of ether oxygens (including phenoxy) is 5. The number of methoxy groups -OCH3 is 4. The van der Waals surface area contributed by atoms with Crippen LogP contribution in [0.25, 0.3) is 12.2 Å². The van der Waals surface area contributed by atoms with E-state index in [0.717, 1.165) is 53.2 Å². The number of benzene rings is 3. The van der Waals surface area contributed by atoms with Gasteiger partial charge in [-0.2, -0.15) is 5.10 Å². The third-order valence-corrected chi connectivity index (χ3v) is 7.85. The van der Waals surface area contributed by atoms with Crippen LogP contribution >= 0.6 is 0 Å². The van der Waals surface area contributed by atoms with E-state index in [1.165, 1.54) is 18.2 Å². The number of hydrogen-bond donors (Lipinski definition) is 0. The van der Waals surface area contributed by atoms with Gasteiger partial charge in [0.2, 0.25) is 0 Å². The molecule has 0 radical (unpaired) electrons. The van der Waals surface area contributed by atoms with E-state index >= 15 is 0 Å². The summed E-state index contributed by atoms with van der Waals surface area (Å²) in [5, 5.41) is 6.36. The van der Waals surface area contributed by atoms with Crippen molar-refractivity contribution in [3.05, 3.63) is 95.1 Å². The van der Waals surface area contributed by atoms with Gasteiger partial charge >= 0.3 is 5.97 Å². The Morgan fingerprint density at radius 1 is 0.864 bits per heavy atom. The molecule has 3 aromatic rings. The molecule has 3 aromatic carbocycles. The molecular formula is C35H36N2O7. The van der Waals surface area contributed by atoms with Crippen molar-refractivity contribution in [1.82, 2.24) is 5.01 Å². The normalized spacial score (nSPS) is 18.5. The number of hydrogen-bond acceptors (Lipinski definition) is 8. The van der Waals surface area contributed by atoms with E-state index in [1.807, 2.05) is 48.5 Å². The Kier molecular flexibility index (Phi) is 9.64. The SMILES string of the molecule is COc1ccc(/C=C2/CCC[C@H]3C2=NN(C(=O)COC(=O)/C=C/c2ccc(OC)cc2OC)[C@H]3c2ccc(OC)cc2)cc1. The first-order valence-corrected chi connectivity index (χ1v) is 14.4. The van der Waals surface area contributed by atoms with E-state index in [-0.39, 0.29) is 12.0 Å². The molecule has 1 aliphatic heterocycles. The molecule has 2 atom stereocenters. The van der Waals surface area contributed by atoms with Crippen LogP contribution in [0.4, 0.5) is 0 Å². The highest BCUT2D eigenvalue weighted by molar-refractivity contribution is 6.08. The van der Waals surface area contributed by atoms with E-state index in [0.29, 0.717) is 17.1 Å². The summed E-state index contributed by atoms with van der Waals surface area (Å²) in [4.78, 5) is 26.2. The van der Waals surface area contributed by atoms with E-state index in [9.17, 15) is 9.59 Å². The van der Waals surface area contributed by atoms with Crippen molar-refractivity contribution >= 4 is 29.7 Å². The highest BCUT2D eigenvalue weighted by atomic mass is 16.5. The topological polar surface area (TPSA) is 95.9 Å². The molecule has 0 unspecified atom stereocenters. The van der Waals surface area contributed by atoms with Crippen molar-refractivity contribution in [3.8, 4) is 23.0 Å². The molecule has 0 spiro atoms. The summed E-state index contributed by atoms with van der Waals surface area (Å²) in [7, 11) is 6.36. The van der Waals surface area contributed by atoms with Gasteiger partial charge in [0.15, 0.2) is 6.61 Å². The number of fused-ring (bicyclic) bond motifs is 1. The van der Waals surface area contributed by atoms with Crippen molar-refractivity contribution in [2.24, 2.45) is 11.0 Å². The van der Waals surface area contributed by atoms with Gasteiger partial charge < -0.3 is 23.7 Å². The average molecular weight is 597 g/mol. The van der Waals surface area contributed by atoms with Crippen LogP contribution in [0.5, 0.6) is 23.0 Å². The predicted molar refractivity (Wildman–Crippen MR) is 168 cm³/mol. The summed E-state index contributed by atoms with van der Waals surface area (Å²) >= 11 is 0. The van der Waals surface area contributed by atoms with Gasteiger partial charge in [0, 0.05) is 23.6 Å². The standard InChI is InChI=1S/C35H36N2O7/c1-40-27-14-8-23(9-15-27)20-26-6-5-7-30-34(26)36-37(35(30)25-11-16-28(41-2)17-12-25)32(38)22-44-33(39)19-13-24-10-18-29(42-3)21-31(24)43-4/h8-21,30,35H,5-7,22H2,1-4H3/b19-13+,26-20-/t30-,35-/m0/s1. The van der Waals surface area contributed by atoms with Crippen molar-refractivity contribution < 1.29 is 33.3 Å². The Hall–Kier alpha value is -5.05. The first-order chi connectivity index (χ1) is 21.4. The summed E-state index contributed by atoms with van der Waals surface area (Å²) in [5.41, 5.74) is 4.62. The summed E-state index contributed by atoms with van der Waals surface area (Å²) in [6.07, 6.45) is 7.67. The molecule has 1 fully saturated rings. The Morgan fingerprint density at radius 3 is 2.18 bits per heavy atom. The van der Waals surface area contributed by atoms with Gasteiger partial charge in [0.1, 0.15) is 23.0 Å². The minimum atomic E-state index is -0.651. The Bertz CT molecular complexity index is 1580. The minimum Gasteiger partial charge on any atom is -0.497 e. The van der Waals surface area contributed by atoms with Crippen LogP contribution < -0.4 is 18.9 Å². The molecule has 5 rings (SSSR count). The van der Waals surface area contributed by atoms with Crippen LogP contribution in [0.1, 0.15) is 42.0 Å². The molecule has 9 heteroatoms. The second-order valence-corrected chi connectivity index (χ2v) is 10.4. The van der Waals surface area contributed by atoms with Crippen LogP contribution in [-0.4, -0.2) is 57.6 Å². The van der Waals surface area contributed by atoms with E-state index in [2.05, 4.69) is 6.08 Å². The summed E-state index contributed by atoms with van der Waals surface area (Å²) < 4.78 is 26.6. The van der Waals surface area contributed by atoms with Gasteiger partial charge in [-0.3, -0.25) is 4.79 Å². The molecule has 0 N–H and O–H groups in total. The minimum absolute atomic E-state index is 0.00345. The van der Waals surface area contributed by atoms with Gasteiger partial charge in [-0.1, -0.05) is 24.3 Å². The van der Waals surface area contributed by atoms with Crippen LogP contribution in [0, 0.1) is 5.92 Å². The second kappa shape index (κ2) is 13.9. The number of hydrazone groups is 1. The lowest BCUT2D eigenvalue weighted by Crippen LogP contribution is -2.34. The van der Waals surface area contributed by atoms with Crippen LogP contribution in [0.15, 0.2) is 83.5 Å². The number of nitrogens with zero attached hydrogens (tertiary/aromatic N) is 2. The number of amides is 1. The molecule has 0 saturated heterocycles. The van der Waals surface area contributed by atoms with Crippen molar-refractivity contribution in [1.29, 1.82) is 0 Å².